The van der Waals surface area contributed by atoms with Gasteiger partial charge in [0.25, 0.3) is 10.0 Å². The molecule has 0 spiro atoms. The minimum Gasteiger partial charge on any atom is -0.496 e. The molecule has 0 radical (unpaired) electrons. The molecule has 0 aliphatic heterocycles. The molecule has 106 valence electrons. The van der Waals surface area contributed by atoms with Crippen molar-refractivity contribution in [3.8, 4) is 5.75 Å². The van der Waals surface area contributed by atoms with E-state index in [1.807, 2.05) is 0 Å². The first-order chi connectivity index (χ1) is 9.42. The van der Waals surface area contributed by atoms with E-state index in [9.17, 15) is 8.42 Å². The fourth-order valence-corrected chi connectivity index (χ4v) is 3.03. The predicted molar refractivity (Wildman–Crippen MR) is 80.2 cm³/mol. The number of sulfonamides is 1. The molecule has 20 heavy (non-hydrogen) atoms. The second kappa shape index (κ2) is 5.68. The second-order valence-corrected chi connectivity index (χ2v) is 6.41. The number of nitrogens with one attached hydrogen (secondary N) is 1. The standard InChI is InChI=1S/C12H12BrN3O3S/c1-19-11-4-2-8(6-10(11)13)16-20(17,18)9-3-5-12(14)15-7-9/h2-7,16H,1H3,(H2,14,15). The maximum Gasteiger partial charge on any atom is 0.263 e. The van der Waals surface area contributed by atoms with Crippen LogP contribution >= 0.6 is 15.9 Å². The third-order valence-corrected chi connectivity index (χ3v) is 4.46. The van der Waals surface area contributed by atoms with Crippen LogP contribution in [0.25, 0.3) is 0 Å². The number of nitrogens with zero attached hydrogens (tertiary/aromatic N) is 1. The van der Waals surface area contributed by atoms with Crippen molar-refractivity contribution in [1.29, 1.82) is 0 Å². The highest BCUT2D eigenvalue weighted by Gasteiger charge is 2.15. The molecular formula is C12H12BrN3O3S. The van der Waals surface area contributed by atoms with Crippen LogP contribution in [0.15, 0.2) is 45.9 Å². The van der Waals surface area contributed by atoms with Gasteiger partial charge >= 0.3 is 0 Å². The van der Waals surface area contributed by atoms with Crippen molar-refractivity contribution in [2.45, 2.75) is 4.90 Å². The molecular weight excluding hydrogens is 346 g/mol. The van der Waals surface area contributed by atoms with Crippen LogP contribution in [-0.2, 0) is 10.0 Å². The summed E-state index contributed by atoms with van der Waals surface area (Å²) in [6.45, 7) is 0. The Morgan fingerprint density at radius 3 is 2.60 bits per heavy atom. The molecule has 0 bridgehead atoms. The van der Waals surface area contributed by atoms with Gasteiger partial charge in [-0.3, -0.25) is 4.72 Å². The Labute approximate surface area is 125 Å². The van der Waals surface area contributed by atoms with Crippen LogP contribution in [0.2, 0.25) is 0 Å². The van der Waals surface area contributed by atoms with Crippen LogP contribution in [0.4, 0.5) is 11.5 Å². The highest BCUT2D eigenvalue weighted by molar-refractivity contribution is 9.10. The van der Waals surface area contributed by atoms with Crippen molar-refractivity contribution in [3.63, 3.8) is 0 Å². The van der Waals surface area contributed by atoms with Crippen molar-refractivity contribution >= 4 is 37.5 Å². The lowest BCUT2D eigenvalue weighted by Gasteiger charge is -2.10. The summed E-state index contributed by atoms with van der Waals surface area (Å²) >= 11 is 3.29. The van der Waals surface area contributed by atoms with Gasteiger partial charge in [0.1, 0.15) is 16.5 Å². The van der Waals surface area contributed by atoms with Crippen molar-refractivity contribution in [2.75, 3.05) is 17.6 Å². The number of nitrogens with two attached hydrogens (primary N) is 1. The molecule has 0 saturated heterocycles. The number of rotatable bonds is 4. The maximum absolute atomic E-state index is 12.1. The average molecular weight is 358 g/mol. The second-order valence-electron chi connectivity index (χ2n) is 3.87. The number of benzene rings is 1. The monoisotopic (exact) mass is 357 g/mol. The van der Waals surface area contributed by atoms with Crippen LogP contribution in [0.3, 0.4) is 0 Å². The van der Waals surface area contributed by atoms with E-state index < -0.39 is 10.0 Å². The lowest BCUT2D eigenvalue weighted by molar-refractivity contribution is 0.412. The first kappa shape index (κ1) is 14.6. The molecule has 2 aromatic rings. The Kier molecular flexibility index (Phi) is 4.15. The summed E-state index contributed by atoms with van der Waals surface area (Å²) in [5.74, 6) is 0.873. The fraction of sp³-hybridized carbons (Fsp3) is 0.0833. The average Bonchev–Trinajstić information content (AvgIpc) is 2.39. The van der Waals surface area contributed by atoms with Crippen molar-refractivity contribution < 1.29 is 13.2 Å². The van der Waals surface area contributed by atoms with Gasteiger partial charge in [-0.25, -0.2) is 13.4 Å². The smallest absolute Gasteiger partial charge is 0.263 e. The van der Waals surface area contributed by atoms with E-state index in [0.29, 0.717) is 15.9 Å². The minimum atomic E-state index is -3.70. The molecule has 8 heteroatoms. The van der Waals surface area contributed by atoms with Crippen LogP contribution in [0.1, 0.15) is 0 Å². The number of hydrogen-bond acceptors (Lipinski definition) is 5. The molecule has 1 aromatic heterocycles. The van der Waals surface area contributed by atoms with Gasteiger partial charge in [-0.05, 0) is 46.3 Å². The molecule has 6 nitrogen and oxygen atoms in total. The predicted octanol–water partition coefficient (Wildman–Crippen LogP) is 2.24. The maximum atomic E-state index is 12.1. The van der Waals surface area contributed by atoms with E-state index in [4.69, 9.17) is 10.5 Å². The molecule has 0 aliphatic carbocycles. The summed E-state index contributed by atoms with van der Waals surface area (Å²) in [4.78, 5) is 3.80. The number of nitrogen functional groups attached to an aromatic ring is 1. The Hall–Kier alpha value is -1.80. The Morgan fingerprint density at radius 2 is 2.05 bits per heavy atom. The van der Waals surface area contributed by atoms with E-state index in [0.717, 1.165) is 0 Å². The number of aromatic nitrogens is 1. The van der Waals surface area contributed by atoms with Gasteiger partial charge in [0.05, 0.1) is 17.3 Å². The summed E-state index contributed by atoms with van der Waals surface area (Å²) in [6, 6.07) is 7.69. The van der Waals surface area contributed by atoms with Gasteiger partial charge in [-0.15, -0.1) is 0 Å². The van der Waals surface area contributed by atoms with E-state index in [1.54, 1.807) is 18.2 Å². The zero-order valence-corrected chi connectivity index (χ0v) is 12.9. The van der Waals surface area contributed by atoms with Crippen molar-refractivity contribution in [1.82, 2.24) is 4.98 Å². The Bertz CT molecular complexity index is 717. The van der Waals surface area contributed by atoms with Crippen LogP contribution in [-0.4, -0.2) is 20.5 Å². The van der Waals surface area contributed by atoms with Crippen molar-refractivity contribution in [2.24, 2.45) is 0 Å². The molecule has 3 N–H and O–H groups in total. The van der Waals surface area contributed by atoms with Gasteiger partial charge in [-0.2, -0.15) is 0 Å². The topological polar surface area (TPSA) is 94.3 Å². The van der Waals surface area contributed by atoms with Crippen molar-refractivity contribution in [3.05, 3.63) is 41.0 Å². The van der Waals surface area contributed by atoms with Crippen LogP contribution in [0.5, 0.6) is 5.75 Å². The Morgan fingerprint density at radius 1 is 1.30 bits per heavy atom. The zero-order valence-electron chi connectivity index (χ0n) is 10.5. The van der Waals surface area contributed by atoms with E-state index in [1.165, 1.54) is 25.4 Å². The summed E-state index contributed by atoms with van der Waals surface area (Å²) < 4.78 is 32.5. The largest absolute Gasteiger partial charge is 0.496 e. The lowest BCUT2D eigenvalue weighted by Crippen LogP contribution is -2.13. The quantitative estimate of drug-likeness (QED) is 0.874. The summed E-state index contributed by atoms with van der Waals surface area (Å²) in [7, 11) is -2.16. The van der Waals surface area contributed by atoms with E-state index >= 15 is 0 Å². The molecule has 0 amide bonds. The first-order valence-corrected chi connectivity index (χ1v) is 7.78. The highest BCUT2D eigenvalue weighted by Crippen LogP contribution is 2.28. The molecule has 0 unspecified atom stereocenters. The number of pyridine rings is 1. The molecule has 0 aliphatic rings. The summed E-state index contributed by atoms with van der Waals surface area (Å²) in [6.07, 6.45) is 1.20. The number of methoxy groups -OCH3 is 1. The third kappa shape index (κ3) is 3.20. The van der Waals surface area contributed by atoms with E-state index in [-0.39, 0.29) is 10.7 Å². The van der Waals surface area contributed by atoms with Gasteiger partial charge < -0.3 is 10.5 Å². The van der Waals surface area contributed by atoms with Crippen LogP contribution in [0, 0.1) is 0 Å². The molecule has 1 heterocycles. The Balaban J connectivity index is 2.28. The zero-order chi connectivity index (χ0) is 14.8. The normalized spacial score (nSPS) is 11.1. The lowest BCUT2D eigenvalue weighted by atomic mass is 10.3. The third-order valence-electron chi connectivity index (χ3n) is 2.47. The number of hydrogen-bond donors (Lipinski definition) is 2. The van der Waals surface area contributed by atoms with Gasteiger partial charge in [0.2, 0.25) is 0 Å². The number of anilines is 2. The molecule has 2 rings (SSSR count). The summed E-state index contributed by atoms with van der Waals surface area (Å²) in [5, 5.41) is 0. The minimum absolute atomic E-state index is 0.0404. The summed E-state index contributed by atoms with van der Waals surface area (Å²) in [5.41, 5.74) is 5.84. The SMILES string of the molecule is COc1ccc(NS(=O)(=O)c2ccc(N)nc2)cc1Br. The van der Waals surface area contributed by atoms with Gasteiger partial charge in [-0.1, -0.05) is 0 Å². The molecule has 1 aromatic carbocycles. The molecule has 0 saturated carbocycles. The fourth-order valence-electron chi connectivity index (χ4n) is 1.49. The highest BCUT2D eigenvalue weighted by atomic mass is 79.9. The molecule has 0 fully saturated rings. The number of ether oxygens (including phenoxy) is 1. The van der Waals surface area contributed by atoms with Crippen LogP contribution < -0.4 is 15.2 Å². The number of halogens is 1. The van der Waals surface area contributed by atoms with Gasteiger partial charge in [0.15, 0.2) is 0 Å². The first-order valence-electron chi connectivity index (χ1n) is 5.50. The molecule has 0 atom stereocenters. The van der Waals surface area contributed by atoms with Gasteiger partial charge in [0, 0.05) is 6.20 Å². The van der Waals surface area contributed by atoms with E-state index in [2.05, 4.69) is 25.6 Å².